The van der Waals surface area contributed by atoms with Crippen molar-refractivity contribution in [2.24, 2.45) is 7.05 Å². The maximum atomic E-state index is 8.74. The van der Waals surface area contributed by atoms with Gasteiger partial charge in [-0.1, -0.05) is 13.3 Å². The standard InChI is InChI=1S/C8H15N2.H2O4S.H2/c1-3-4-5-10-7-6-9(2)8-10;1-5(2,3)4;/h6-8H,3-5H2,1-2H3;(H2,1,2,3,4);1H/q+1;;. The maximum absolute atomic E-state index is 8.74. The minimum absolute atomic E-state index is 0. The van der Waals surface area contributed by atoms with E-state index in [9.17, 15) is 0 Å². The van der Waals surface area contributed by atoms with Gasteiger partial charge in [0.1, 0.15) is 12.4 Å². The Kier molecular flexibility index (Phi) is 6.14. The summed E-state index contributed by atoms with van der Waals surface area (Å²) in [5.74, 6) is 0. The molecule has 0 radical (unpaired) electrons. The molecule has 0 aliphatic heterocycles. The molecule has 15 heavy (non-hydrogen) atoms. The predicted octanol–water partition coefficient (Wildman–Crippen LogP) is 0.706. The lowest BCUT2D eigenvalue weighted by Gasteiger charge is -1.90. The van der Waals surface area contributed by atoms with Gasteiger partial charge < -0.3 is 0 Å². The van der Waals surface area contributed by atoms with Gasteiger partial charge in [0.25, 0.3) is 0 Å². The van der Waals surface area contributed by atoms with E-state index < -0.39 is 10.4 Å². The van der Waals surface area contributed by atoms with Crippen molar-refractivity contribution in [3.63, 3.8) is 0 Å². The molecule has 0 aliphatic carbocycles. The van der Waals surface area contributed by atoms with Crippen LogP contribution in [0, 0.1) is 0 Å². The van der Waals surface area contributed by atoms with E-state index in [2.05, 4.69) is 34.8 Å². The van der Waals surface area contributed by atoms with E-state index in [4.69, 9.17) is 17.5 Å². The van der Waals surface area contributed by atoms with Crippen molar-refractivity contribution in [1.29, 1.82) is 0 Å². The summed E-state index contributed by atoms with van der Waals surface area (Å²) in [4.78, 5) is 0. The monoisotopic (exact) mass is 239 g/mol. The minimum Gasteiger partial charge on any atom is -0.264 e. The van der Waals surface area contributed by atoms with Crippen LogP contribution < -0.4 is 4.57 Å². The van der Waals surface area contributed by atoms with Gasteiger partial charge in [0.2, 0.25) is 6.33 Å². The Balaban J connectivity index is 0. The summed E-state index contributed by atoms with van der Waals surface area (Å²) in [6.07, 6.45) is 8.82. The third kappa shape index (κ3) is 11.0. The topological polar surface area (TPSA) is 83.4 Å². The number of rotatable bonds is 3. The maximum Gasteiger partial charge on any atom is 0.394 e. The van der Waals surface area contributed by atoms with Crippen LogP contribution in [0.15, 0.2) is 18.7 Å². The first-order chi connectivity index (χ1) is 6.83. The van der Waals surface area contributed by atoms with E-state index in [0.717, 1.165) is 6.54 Å². The summed E-state index contributed by atoms with van der Waals surface area (Å²) < 4.78 is 35.9. The molecule has 1 aromatic rings. The van der Waals surface area contributed by atoms with Gasteiger partial charge in [-0.15, -0.1) is 0 Å². The van der Waals surface area contributed by atoms with Crippen molar-refractivity contribution >= 4 is 10.4 Å². The number of aromatic nitrogens is 2. The van der Waals surface area contributed by atoms with Crippen LogP contribution in [0.3, 0.4) is 0 Å². The predicted molar refractivity (Wildman–Crippen MR) is 56.8 cm³/mol. The highest BCUT2D eigenvalue weighted by Gasteiger charge is 1.96. The summed E-state index contributed by atoms with van der Waals surface area (Å²) in [7, 11) is -2.62. The average molecular weight is 239 g/mol. The average Bonchev–Trinajstić information content (AvgIpc) is 2.45. The molecule has 0 spiro atoms. The lowest BCUT2D eigenvalue weighted by atomic mass is 10.3. The zero-order chi connectivity index (χ0) is 11.9. The van der Waals surface area contributed by atoms with Crippen LogP contribution in [0.2, 0.25) is 0 Å². The van der Waals surface area contributed by atoms with Gasteiger partial charge >= 0.3 is 10.4 Å². The molecule has 0 aliphatic rings. The number of nitrogens with zero attached hydrogens (tertiary/aromatic N) is 2. The second-order valence-corrected chi connectivity index (χ2v) is 4.01. The van der Waals surface area contributed by atoms with Gasteiger partial charge in [-0.25, -0.2) is 9.13 Å². The third-order valence-electron chi connectivity index (χ3n) is 1.59. The number of aryl methyl sites for hydroxylation is 2. The van der Waals surface area contributed by atoms with Gasteiger partial charge in [0.15, 0.2) is 0 Å². The molecule has 0 unspecified atom stereocenters. The smallest absolute Gasteiger partial charge is 0.264 e. The van der Waals surface area contributed by atoms with Gasteiger partial charge in [0.05, 0.1) is 13.6 Å². The Bertz CT molecular complexity index is 369. The van der Waals surface area contributed by atoms with Crippen LogP contribution in [0.25, 0.3) is 0 Å². The normalized spacial score (nSPS) is 10.7. The molecule has 0 fully saturated rings. The summed E-state index contributed by atoms with van der Waals surface area (Å²) in [5.41, 5.74) is 0. The molecular formula is C8H19N2O4S+. The van der Waals surface area contributed by atoms with Gasteiger partial charge in [0, 0.05) is 1.43 Å². The molecule has 2 N–H and O–H groups in total. The minimum atomic E-state index is -4.67. The van der Waals surface area contributed by atoms with E-state index in [1.807, 2.05) is 7.05 Å². The van der Waals surface area contributed by atoms with Crippen LogP contribution in [0.1, 0.15) is 21.2 Å². The molecule has 0 bridgehead atoms. The molecule has 6 nitrogen and oxygen atoms in total. The highest BCUT2D eigenvalue weighted by atomic mass is 32.3. The summed E-state index contributed by atoms with van der Waals surface area (Å²) in [6, 6.07) is 0. The second-order valence-electron chi connectivity index (χ2n) is 3.12. The SMILES string of the molecule is CCCCn1cc[n+](C)c1.O=S(=O)(O)O.[HH]. The number of hydrogen-bond acceptors (Lipinski definition) is 2. The number of imidazole rings is 1. The lowest BCUT2D eigenvalue weighted by Crippen LogP contribution is -2.23. The summed E-state index contributed by atoms with van der Waals surface area (Å²) >= 11 is 0. The van der Waals surface area contributed by atoms with Crippen LogP contribution in [-0.2, 0) is 24.0 Å². The van der Waals surface area contributed by atoms with Gasteiger partial charge in [-0.3, -0.25) is 9.11 Å². The zero-order valence-corrected chi connectivity index (χ0v) is 9.68. The fourth-order valence-corrected chi connectivity index (χ4v) is 0.975. The molecule has 0 atom stereocenters. The Morgan fingerprint density at radius 2 is 2.00 bits per heavy atom. The Hall–Kier alpha value is -0.920. The Labute approximate surface area is 91.2 Å². The van der Waals surface area contributed by atoms with E-state index in [1.165, 1.54) is 12.8 Å². The van der Waals surface area contributed by atoms with Crippen molar-refractivity contribution < 1.29 is 23.5 Å². The van der Waals surface area contributed by atoms with Crippen molar-refractivity contribution in [2.75, 3.05) is 0 Å². The van der Waals surface area contributed by atoms with Gasteiger partial charge in [-0.2, -0.15) is 8.42 Å². The number of hydrogen-bond donors (Lipinski definition) is 2. The van der Waals surface area contributed by atoms with Crippen molar-refractivity contribution in [3.8, 4) is 0 Å². The molecule has 0 amide bonds. The van der Waals surface area contributed by atoms with Crippen molar-refractivity contribution in [2.45, 2.75) is 26.3 Å². The second kappa shape index (κ2) is 6.54. The summed E-state index contributed by atoms with van der Waals surface area (Å²) in [5, 5.41) is 0. The first kappa shape index (κ1) is 14.1. The molecule has 7 heteroatoms. The number of unbranched alkanes of at least 4 members (excludes halogenated alkanes) is 1. The van der Waals surface area contributed by atoms with E-state index >= 15 is 0 Å². The van der Waals surface area contributed by atoms with E-state index in [1.54, 1.807) is 0 Å². The molecule has 1 aromatic heterocycles. The molecule has 1 heterocycles. The van der Waals surface area contributed by atoms with Crippen LogP contribution in [-0.4, -0.2) is 22.1 Å². The third-order valence-corrected chi connectivity index (χ3v) is 1.59. The molecule has 0 saturated heterocycles. The fraction of sp³-hybridized carbons (Fsp3) is 0.625. The van der Waals surface area contributed by atoms with Gasteiger partial charge in [-0.05, 0) is 6.42 Å². The molecular weight excluding hydrogens is 220 g/mol. The van der Waals surface area contributed by atoms with Crippen LogP contribution in [0.5, 0.6) is 0 Å². The van der Waals surface area contributed by atoms with Crippen molar-refractivity contribution in [3.05, 3.63) is 18.7 Å². The molecule has 0 saturated carbocycles. The van der Waals surface area contributed by atoms with E-state index in [-0.39, 0.29) is 1.43 Å². The van der Waals surface area contributed by atoms with Crippen LogP contribution >= 0.6 is 0 Å². The Morgan fingerprint density at radius 3 is 2.33 bits per heavy atom. The zero-order valence-electron chi connectivity index (χ0n) is 8.87. The summed E-state index contributed by atoms with van der Waals surface area (Å²) in [6.45, 7) is 3.36. The van der Waals surface area contributed by atoms with E-state index in [0.29, 0.717) is 0 Å². The molecule has 90 valence electrons. The lowest BCUT2D eigenvalue weighted by molar-refractivity contribution is -0.671. The largest absolute Gasteiger partial charge is 0.394 e. The molecule has 1 rings (SSSR count). The highest BCUT2D eigenvalue weighted by Crippen LogP contribution is 1.91. The highest BCUT2D eigenvalue weighted by molar-refractivity contribution is 7.79. The first-order valence-corrected chi connectivity index (χ1v) is 5.93. The quantitative estimate of drug-likeness (QED) is 0.601. The molecule has 0 aromatic carbocycles. The first-order valence-electron chi connectivity index (χ1n) is 4.54. The fourth-order valence-electron chi connectivity index (χ4n) is 0.975. The Morgan fingerprint density at radius 1 is 1.47 bits per heavy atom. The van der Waals surface area contributed by atoms with Crippen molar-refractivity contribution in [1.82, 2.24) is 4.57 Å². The van der Waals surface area contributed by atoms with Crippen LogP contribution in [0.4, 0.5) is 0 Å².